The van der Waals surface area contributed by atoms with E-state index in [1.54, 1.807) is 25.4 Å². The molecule has 0 spiro atoms. The average molecular weight is 366 g/mol. The first kappa shape index (κ1) is 17.1. The molecule has 4 rings (SSSR count). The Morgan fingerprint density at radius 3 is 2.48 bits per heavy atom. The van der Waals surface area contributed by atoms with Crippen molar-refractivity contribution in [2.24, 2.45) is 0 Å². The lowest BCUT2D eigenvalue weighted by Crippen LogP contribution is -2.21. The van der Waals surface area contributed by atoms with E-state index >= 15 is 0 Å². The third kappa shape index (κ3) is 3.51. The van der Waals surface area contributed by atoms with Crippen LogP contribution < -0.4 is 16.2 Å². The molecule has 8 heteroatoms. The fraction of sp³-hybridized carbons (Fsp3) is 0.263. The number of halogens is 1. The van der Waals surface area contributed by atoms with Crippen LogP contribution in [0.2, 0.25) is 0 Å². The lowest BCUT2D eigenvalue weighted by Gasteiger charge is -2.35. The van der Waals surface area contributed by atoms with E-state index in [1.807, 2.05) is 6.07 Å². The van der Waals surface area contributed by atoms with Crippen LogP contribution in [-0.2, 0) is 0 Å². The predicted octanol–water partition coefficient (Wildman–Crippen LogP) is 3.33. The van der Waals surface area contributed by atoms with Crippen LogP contribution in [0.15, 0.2) is 36.8 Å². The second kappa shape index (κ2) is 6.79. The molecule has 0 aliphatic heterocycles. The fourth-order valence-electron chi connectivity index (χ4n) is 3.22. The van der Waals surface area contributed by atoms with Crippen LogP contribution in [0.25, 0.3) is 0 Å². The number of anilines is 2. The zero-order chi connectivity index (χ0) is 19.0. The van der Waals surface area contributed by atoms with Gasteiger partial charge in [-0.1, -0.05) is 6.07 Å². The molecule has 0 atom stereocenters. The molecular formula is C19H19FN6O. The Hall–Kier alpha value is -3.29. The molecule has 1 aliphatic rings. The Bertz CT molecular complexity index is 972. The van der Waals surface area contributed by atoms with Gasteiger partial charge in [-0.25, -0.2) is 19.3 Å². The molecule has 4 N–H and O–H groups in total. The Kier molecular flexibility index (Phi) is 4.31. The first-order chi connectivity index (χ1) is 13.0. The van der Waals surface area contributed by atoms with Crippen LogP contribution in [0.4, 0.5) is 16.0 Å². The molecule has 27 heavy (non-hydrogen) atoms. The summed E-state index contributed by atoms with van der Waals surface area (Å²) in [5, 5.41) is 0. The van der Waals surface area contributed by atoms with Crippen molar-refractivity contribution in [3.63, 3.8) is 0 Å². The topological polar surface area (TPSA) is 113 Å². The van der Waals surface area contributed by atoms with E-state index in [4.69, 9.17) is 16.2 Å². The van der Waals surface area contributed by atoms with Gasteiger partial charge in [0.25, 0.3) is 0 Å². The number of aromatic nitrogens is 4. The molecular weight excluding hydrogens is 347 g/mol. The van der Waals surface area contributed by atoms with Crippen molar-refractivity contribution in [3.05, 3.63) is 59.7 Å². The molecule has 7 nitrogen and oxygen atoms in total. The second-order valence-electron chi connectivity index (χ2n) is 6.69. The zero-order valence-corrected chi connectivity index (χ0v) is 14.8. The normalized spacial score (nSPS) is 18.7. The lowest BCUT2D eigenvalue weighted by atomic mass is 9.70. The van der Waals surface area contributed by atoms with Gasteiger partial charge in [0.15, 0.2) is 23.1 Å². The van der Waals surface area contributed by atoms with Gasteiger partial charge in [-0.15, -0.1) is 0 Å². The van der Waals surface area contributed by atoms with Crippen molar-refractivity contribution < 1.29 is 9.13 Å². The Balaban J connectivity index is 1.44. The smallest absolute Gasteiger partial charge is 0.187 e. The molecule has 2 aromatic heterocycles. The Labute approximate surface area is 155 Å². The zero-order valence-electron chi connectivity index (χ0n) is 14.8. The molecule has 0 unspecified atom stereocenters. The molecule has 1 fully saturated rings. The summed E-state index contributed by atoms with van der Waals surface area (Å²) in [6.45, 7) is 1.72. The number of aryl methyl sites for hydroxylation is 1. The van der Waals surface area contributed by atoms with Gasteiger partial charge in [-0.2, -0.15) is 0 Å². The summed E-state index contributed by atoms with van der Waals surface area (Å²) < 4.78 is 20.0. The number of ether oxygens (including phenoxy) is 1. The number of rotatable bonds is 4. The van der Waals surface area contributed by atoms with Gasteiger partial charge in [0, 0.05) is 5.92 Å². The minimum atomic E-state index is -0.441. The van der Waals surface area contributed by atoms with Gasteiger partial charge in [0.2, 0.25) is 0 Å². The summed E-state index contributed by atoms with van der Waals surface area (Å²) in [6, 6.07) is 5.00. The van der Waals surface area contributed by atoms with Crippen LogP contribution in [0.3, 0.4) is 0 Å². The molecule has 1 aliphatic carbocycles. The molecule has 1 aromatic carbocycles. The van der Waals surface area contributed by atoms with Gasteiger partial charge in [0.05, 0.1) is 24.3 Å². The SMILES string of the molecule is Cc1ncc(Oc2ccc(C3CC(c4cnc(N)cn4)C3)cc2F)c(N)n1. The second-order valence-corrected chi connectivity index (χ2v) is 6.69. The summed E-state index contributed by atoms with van der Waals surface area (Å²) in [4.78, 5) is 16.4. The number of hydrogen-bond donors (Lipinski definition) is 2. The van der Waals surface area contributed by atoms with E-state index in [0.29, 0.717) is 17.6 Å². The van der Waals surface area contributed by atoms with Gasteiger partial charge in [-0.3, -0.25) is 4.98 Å². The molecule has 0 bridgehead atoms. The number of nitrogen functional groups attached to an aromatic ring is 2. The van der Waals surface area contributed by atoms with E-state index < -0.39 is 5.82 Å². The van der Waals surface area contributed by atoms with E-state index in [0.717, 1.165) is 24.1 Å². The Morgan fingerprint density at radius 1 is 1.00 bits per heavy atom. The van der Waals surface area contributed by atoms with E-state index in [9.17, 15) is 4.39 Å². The van der Waals surface area contributed by atoms with E-state index in [1.165, 1.54) is 12.3 Å². The molecule has 1 saturated carbocycles. The Morgan fingerprint density at radius 2 is 1.81 bits per heavy atom. The van der Waals surface area contributed by atoms with Crippen LogP contribution in [-0.4, -0.2) is 19.9 Å². The molecule has 138 valence electrons. The van der Waals surface area contributed by atoms with Crippen molar-refractivity contribution in [3.8, 4) is 11.5 Å². The minimum absolute atomic E-state index is 0.0955. The summed E-state index contributed by atoms with van der Waals surface area (Å²) in [6.07, 6.45) is 6.51. The highest BCUT2D eigenvalue weighted by atomic mass is 19.1. The van der Waals surface area contributed by atoms with Gasteiger partial charge >= 0.3 is 0 Å². The van der Waals surface area contributed by atoms with Gasteiger partial charge in [0.1, 0.15) is 11.6 Å². The quantitative estimate of drug-likeness (QED) is 0.728. The molecule has 0 saturated heterocycles. The maximum atomic E-state index is 14.5. The number of nitrogens with zero attached hydrogens (tertiary/aromatic N) is 4. The number of benzene rings is 1. The van der Waals surface area contributed by atoms with Crippen molar-refractivity contribution in [1.82, 2.24) is 19.9 Å². The number of hydrogen-bond acceptors (Lipinski definition) is 7. The predicted molar refractivity (Wildman–Crippen MR) is 98.8 cm³/mol. The third-order valence-electron chi connectivity index (χ3n) is 4.80. The van der Waals surface area contributed by atoms with Crippen molar-refractivity contribution in [1.29, 1.82) is 0 Å². The fourth-order valence-corrected chi connectivity index (χ4v) is 3.22. The lowest BCUT2D eigenvalue weighted by molar-refractivity contribution is 0.342. The van der Waals surface area contributed by atoms with Crippen LogP contribution in [0.1, 0.15) is 41.8 Å². The number of nitrogens with two attached hydrogens (primary N) is 2. The summed E-state index contributed by atoms with van der Waals surface area (Å²) in [5.74, 6) is 1.61. The monoisotopic (exact) mass is 366 g/mol. The standard InChI is InChI=1S/C19H19FN6O/c1-10-23-8-17(19(22)26-10)27-16-3-2-11(6-14(16)20)12-4-13(5-12)15-7-25-18(21)9-24-15/h2-3,6-9,12-13H,4-5H2,1H3,(H2,21,25)(H2,22,23,26). The van der Waals surface area contributed by atoms with Crippen LogP contribution in [0.5, 0.6) is 11.5 Å². The highest BCUT2D eigenvalue weighted by Gasteiger charge is 2.33. The van der Waals surface area contributed by atoms with Crippen LogP contribution >= 0.6 is 0 Å². The summed E-state index contributed by atoms with van der Waals surface area (Å²) in [5.41, 5.74) is 13.2. The molecule has 0 radical (unpaired) electrons. The van der Waals surface area contributed by atoms with Crippen LogP contribution in [0, 0.1) is 12.7 Å². The molecule has 2 heterocycles. The van der Waals surface area contributed by atoms with Crippen molar-refractivity contribution in [2.75, 3.05) is 11.5 Å². The van der Waals surface area contributed by atoms with E-state index in [2.05, 4.69) is 19.9 Å². The largest absolute Gasteiger partial charge is 0.449 e. The average Bonchev–Trinajstić information content (AvgIpc) is 2.59. The first-order valence-corrected chi connectivity index (χ1v) is 8.63. The third-order valence-corrected chi connectivity index (χ3v) is 4.80. The maximum absolute atomic E-state index is 14.5. The summed E-state index contributed by atoms with van der Waals surface area (Å²) in [7, 11) is 0. The maximum Gasteiger partial charge on any atom is 0.187 e. The molecule has 0 amide bonds. The van der Waals surface area contributed by atoms with Gasteiger partial charge in [-0.05, 0) is 43.4 Å². The molecule has 3 aromatic rings. The minimum Gasteiger partial charge on any atom is -0.449 e. The van der Waals surface area contributed by atoms with E-state index in [-0.39, 0.29) is 23.2 Å². The summed E-state index contributed by atoms with van der Waals surface area (Å²) >= 11 is 0. The van der Waals surface area contributed by atoms with Crippen molar-refractivity contribution in [2.45, 2.75) is 31.6 Å². The van der Waals surface area contributed by atoms with Gasteiger partial charge < -0.3 is 16.2 Å². The highest BCUT2D eigenvalue weighted by Crippen LogP contribution is 2.47. The van der Waals surface area contributed by atoms with Crippen molar-refractivity contribution >= 4 is 11.6 Å². The highest BCUT2D eigenvalue weighted by molar-refractivity contribution is 5.47. The first-order valence-electron chi connectivity index (χ1n) is 8.63.